The van der Waals surface area contributed by atoms with Gasteiger partial charge in [0.15, 0.2) is 0 Å². The Balaban J connectivity index is 2.06. The Morgan fingerprint density at radius 1 is 1.24 bits per heavy atom. The average Bonchev–Trinajstić information content (AvgIpc) is 2.49. The highest BCUT2D eigenvalue weighted by molar-refractivity contribution is 5.88. The number of hydrogen-bond acceptors (Lipinski definition) is 5. The van der Waals surface area contributed by atoms with Gasteiger partial charge in [0.25, 0.3) is 0 Å². The zero-order chi connectivity index (χ0) is 15.4. The van der Waals surface area contributed by atoms with E-state index in [9.17, 15) is 4.79 Å². The quantitative estimate of drug-likeness (QED) is 0.691. The molecule has 0 saturated heterocycles. The zero-order valence-electron chi connectivity index (χ0n) is 12.3. The molecule has 0 aliphatic heterocycles. The fourth-order valence-electron chi connectivity index (χ4n) is 1.90. The molecule has 0 spiro atoms. The Hall–Kier alpha value is -2.56. The molecule has 1 aromatic carbocycles. The number of carbonyl (C=O) groups excluding carboxylic acids is 1. The van der Waals surface area contributed by atoms with Gasteiger partial charge < -0.3 is 15.2 Å². The second-order valence-corrected chi connectivity index (χ2v) is 4.79. The topological polar surface area (TPSA) is 74.4 Å². The zero-order valence-corrected chi connectivity index (χ0v) is 12.3. The molecule has 2 rings (SSSR count). The number of methoxy groups -OCH3 is 1. The van der Waals surface area contributed by atoms with Crippen LogP contribution < -0.4 is 10.5 Å². The number of hydrogen-bond donors (Lipinski definition) is 1. The maximum absolute atomic E-state index is 11.3. The van der Waals surface area contributed by atoms with Crippen molar-refractivity contribution < 1.29 is 14.3 Å². The van der Waals surface area contributed by atoms with Gasteiger partial charge in [-0.05, 0) is 37.1 Å². The van der Waals surface area contributed by atoms with Crippen LogP contribution in [-0.2, 0) is 11.3 Å². The Morgan fingerprint density at radius 3 is 2.62 bits per heavy atom. The van der Waals surface area contributed by atoms with Gasteiger partial charge >= 0.3 is 5.97 Å². The van der Waals surface area contributed by atoms with Crippen molar-refractivity contribution in [3.8, 4) is 5.75 Å². The molecule has 110 valence electrons. The number of esters is 1. The molecule has 0 bridgehead atoms. The van der Waals surface area contributed by atoms with E-state index in [4.69, 9.17) is 10.5 Å². The van der Waals surface area contributed by atoms with Crippen LogP contribution in [0, 0.1) is 13.8 Å². The van der Waals surface area contributed by atoms with E-state index in [0.29, 0.717) is 17.9 Å². The van der Waals surface area contributed by atoms with Gasteiger partial charge in [0.1, 0.15) is 12.4 Å². The summed E-state index contributed by atoms with van der Waals surface area (Å²) in [5, 5.41) is 0. The SMILES string of the molecule is COC(=O)c1ccc(COc2cc(N)c(C)cc2C)nc1. The van der Waals surface area contributed by atoms with Crippen LogP contribution in [0.2, 0.25) is 0 Å². The van der Waals surface area contributed by atoms with Crippen molar-refractivity contribution in [3.05, 3.63) is 52.8 Å². The fraction of sp³-hybridized carbons (Fsp3) is 0.250. The molecule has 0 unspecified atom stereocenters. The van der Waals surface area contributed by atoms with Crippen molar-refractivity contribution in [1.29, 1.82) is 0 Å². The number of nitrogen functional groups attached to an aromatic ring is 1. The fourth-order valence-corrected chi connectivity index (χ4v) is 1.90. The maximum Gasteiger partial charge on any atom is 0.339 e. The molecule has 0 amide bonds. The lowest BCUT2D eigenvalue weighted by molar-refractivity contribution is 0.0600. The Morgan fingerprint density at radius 2 is 2.00 bits per heavy atom. The highest BCUT2D eigenvalue weighted by Crippen LogP contribution is 2.25. The van der Waals surface area contributed by atoms with Gasteiger partial charge in [-0.1, -0.05) is 6.07 Å². The van der Waals surface area contributed by atoms with Gasteiger partial charge in [-0.3, -0.25) is 4.98 Å². The van der Waals surface area contributed by atoms with E-state index in [0.717, 1.165) is 22.6 Å². The maximum atomic E-state index is 11.3. The second kappa shape index (κ2) is 6.26. The molecule has 0 saturated carbocycles. The second-order valence-electron chi connectivity index (χ2n) is 4.79. The van der Waals surface area contributed by atoms with Gasteiger partial charge in [-0.25, -0.2) is 4.79 Å². The van der Waals surface area contributed by atoms with Crippen LogP contribution in [0.3, 0.4) is 0 Å². The summed E-state index contributed by atoms with van der Waals surface area (Å²) in [5.41, 5.74) is 9.77. The third kappa shape index (κ3) is 3.51. The number of nitrogens with two attached hydrogens (primary N) is 1. The molecular weight excluding hydrogens is 268 g/mol. The van der Waals surface area contributed by atoms with E-state index >= 15 is 0 Å². The molecule has 0 atom stereocenters. The summed E-state index contributed by atoms with van der Waals surface area (Å²) < 4.78 is 10.3. The monoisotopic (exact) mass is 286 g/mol. The number of anilines is 1. The summed E-state index contributed by atoms with van der Waals surface area (Å²) in [6.45, 7) is 4.24. The highest BCUT2D eigenvalue weighted by Gasteiger charge is 2.07. The van der Waals surface area contributed by atoms with Crippen LogP contribution in [-0.4, -0.2) is 18.1 Å². The summed E-state index contributed by atoms with van der Waals surface area (Å²) in [7, 11) is 1.34. The Kier molecular flexibility index (Phi) is 4.42. The van der Waals surface area contributed by atoms with Crippen LogP contribution in [0.25, 0.3) is 0 Å². The third-order valence-corrected chi connectivity index (χ3v) is 3.18. The summed E-state index contributed by atoms with van der Waals surface area (Å²) in [6.07, 6.45) is 1.47. The lowest BCUT2D eigenvalue weighted by Gasteiger charge is -2.11. The minimum atomic E-state index is -0.405. The smallest absolute Gasteiger partial charge is 0.339 e. The van der Waals surface area contributed by atoms with Gasteiger partial charge in [-0.2, -0.15) is 0 Å². The molecule has 2 aromatic rings. The molecule has 5 nitrogen and oxygen atoms in total. The van der Waals surface area contributed by atoms with Crippen LogP contribution >= 0.6 is 0 Å². The molecular formula is C16H18N2O3. The van der Waals surface area contributed by atoms with Crippen molar-refractivity contribution in [2.24, 2.45) is 0 Å². The van der Waals surface area contributed by atoms with Gasteiger partial charge in [0.05, 0.1) is 18.4 Å². The molecule has 2 N–H and O–H groups in total. The first-order valence-corrected chi connectivity index (χ1v) is 6.54. The number of aromatic nitrogens is 1. The summed E-state index contributed by atoms with van der Waals surface area (Å²) >= 11 is 0. The normalized spacial score (nSPS) is 10.2. The van der Waals surface area contributed by atoms with E-state index in [1.165, 1.54) is 13.3 Å². The van der Waals surface area contributed by atoms with E-state index in [-0.39, 0.29) is 0 Å². The first-order chi connectivity index (χ1) is 10.0. The standard InChI is InChI=1S/C16H18N2O3/c1-10-6-11(2)15(7-14(10)17)21-9-13-5-4-12(8-18-13)16(19)20-3/h4-8H,9,17H2,1-3H3. The molecule has 5 heteroatoms. The summed E-state index contributed by atoms with van der Waals surface area (Å²) in [5.74, 6) is 0.328. The number of aryl methyl sites for hydroxylation is 2. The molecule has 0 radical (unpaired) electrons. The number of carbonyl (C=O) groups is 1. The van der Waals surface area contributed by atoms with Crippen LogP contribution in [0.1, 0.15) is 27.2 Å². The predicted octanol–water partition coefficient (Wildman–Crippen LogP) is 2.65. The summed E-state index contributed by atoms with van der Waals surface area (Å²) in [4.78, 5) is 15.5. The molecule has 0 fully saturated rings. The van der Waals surface area contributed by atoms with Crippen molar-refractivity contribution in [2.45, 2.75) is 20.5 Å². The summed E-state index contributed by atoms with van der Waals surface area (Å²) in [6, 6.07) is 7.19. The number of benzene rings is 1. The lowest BCUT2D eigenvalue weighted by Crippen LogP contribution is -2.04. The number of pyridine rings is 1. The molecule has 0 aliphatic rings. The number of nitrogens with zero attached hydrogens (tertiary/aromatic N) is 1. The van der Waals surface area contributed by atoms with Crippen molar-refractivity contribution in [1.82, 2.24) is 4.98 Å². The van der Waals surface area contributed by atoms with Gasteiger partial charge in [0.2, 0.25) is 0 Å². The van der Waals surface area contributed by atoms with Crippen molar-refractivity contribution in [2.75, 3.05) is 12.8 Å². The molecule has 21 heavy (non-hydrogen) atoms. The van der Waals surface area contributed by atoms with E-state index < -0.39 is 5.97 Å². The number of rotatable bonds is 4. The van der Waals surface area contributed by atoms with Gasteiger partial charge in [-0.15, -0.1) is 0 Å². The first-order valence-electron chi connectivity index (χ1n) is 6.54. The van der Waals surface area contributed by atoms with Crippen molar-refractivity contribution >= 4 is 11.7 Å². The number of ether oxygens (including phenoxy) is 2. The highest BCUT2D eigenvalue weighted by atomic mass is 16.5. The lowest BCUT2D eigenvalue weighted by atomic mass is 10.1. The largest absolute Gasteiger partial charge is 0.487 e. The van der Waals surface area contributed by atoms with Crippen LogP contribution in [0.5, 0.6) is 5.75 Å². The minimum Gasteiger partial charge on any atom is -0.487 e. The minimum absolute atomic E-state index is 0.310. The van der Waals surface area contributed by atoms with Crippen LogP contribution in [0.4, 0.5) is 5.69 Å². The molecule has 1 aromatic heterocycles. The molecule has 0 aliphatic carbocycles. The average molecular weight is 286 g/mol. The Bertz CT molecular complexity index is 651. The van der Waals surface area contributed by atoms with Crippen LogP contribution in [0.15, 0.2) is 30.5 Å². The first kappa shape index (κ1) is 14.8. The Labute approximate surface area is 123 Å². The third-order valence-electron chi connectivity index (χ3n) is 3.18. The predicted molar refractivity (Wildman–Crippen MR) is 80.2 cm³/mol. The van der Waals surface area contributed by atoms with E-state index in [2.05, 4.69) is 9.72 Å². The van der Waals surface area contributed by atoms with E-state index in [1.807, 2.05) is 26.0 Å². The van der Waals surface area contributed by atoms with Gasteiger partial charge in [0, 0.05) is 18.0 Å². The molecule has 1 heterocycles. The van der Waals surface area contributed by atoms with E-state index in [1.54, 1.807) is 12.1 Å². The van der Waals surface area contributed by atoms with Crippen molar-refractivity contribution in [3.63, 3.8) is 0 Å².